The number of piperidine rings is 1. The lowest BCUT2D eigenvalue weighted by molar-refractivity contribution is 0.363. The first-order valence-electron chi connectivity index (χ1n) is 11.9. The SMILES string of the molecule is Cc1noc(Cn2cc3c(Cl)c(-c4c[nH]c5nc(N6C7CCC6CC(N)C7)cnc45)ccc3n2)n1. The third-order valence-electron chi connectivity index (χ3n) is 7.23. The van der Waals surface area contributed by atoms with Crippen molar-refractivity contribution in [3.8, 4) is 11.1 Å². The maximum Gasteiger partial charge on any atom is 0.248 e. The number of aromatic amines is 1. The summed E-state index contributed by atoms with van der Waals surface area (Å²) >= 11 is 6.88. The number of anilines is 1. The van der Waals surface area contributed by atoms with Crippen LogP contribution in [0.4, 0.5) is 5.82 Å². The van der Waals surface area contributed by atoms with Crippen LogP contribution in [0.15, 0.2) is 35.2 Å². The van der Waals surface area contributed by atoms with Gasteiger partial charge in [0.2, 0.25) is 5.89 Å². The first-order valence-corrected chi connectivity index (χ1v) is 12.2. The highest BCUT2D eigenvalue weighted by molar-refractivity contribution is 6.38. The second-order valence-electron chi connectivity index (χ2n) is 9.57. The largest absolute Gasteiger partial charge is 0.349 e. The van der Waals surface area contributed by atoms with E-state index in [4.69, 9.17) is 31.8 Å². The number of halogens is 1. The molecule has 0 radical (unpaired) electrons. The molecule has 10 nitrogen and oxygen atoms in total. The van der Waals surface area contributed by atoms with Gasteiger partial charge in [-0.2, -0.15) is 10.1 Å². The van der Waals surface area contributed by atoms with Gasteiger partial charge in [0, 0.05) is 47.0 Å². The zero-order valence-corrected chi connectivity index (χ0v) is 19.9. The molecule has 5 aromatic rings. The first kappa shape index (κ1) is 20.8. The normalized spacial score (nSPS) is 22.0. The van der Waals surface area contributed by atoms with E-state index in [1.165, 1.54) is 12.8 Å². The average Bonchev–Trinajstić information content (AvgIpc) is 3.60. The van der Waals surface area contributed by atoms with E-state index in [0.717, 1.165) is 51.9 Å². The quantitative estimate of drug-likeness (QED) is 0.390. The van der Waals surface area contributed by atoms with Crippen molar-refractivity contribution in [3.05, 3.63) is 47.5 Å². The summed E-state index contributed by atoms with van der Waals surface area (Å²) in [6.45, 7) is 2.17. The van der Waals surface area contributed by atoms with Gasteiger partial charge in [-0.3, -0.25) is 4.68 Å². The maximum atomic E-state index is 6.88. The molecule has 4 aromatic heterocycles. The van der Waals surface area contributed by atoms with Gasteiger partial charge >= 0.3 is 0 Å². The predicted octanol–water partition coefficient (Wildman–Crippen LogP) is 3.83. The minimum Gasteiger partial charge on any atom is -0.349 e. The smallest absolute Gasteiger partial charge is 0.248 e. The molecule has 0 amide bonds. The Morgan fingerprint density at radius 3 is 2.77 bits per heavy atom. The van der Waals surface area contributed by atoms with Gasteiger partial charge in [-0.1, -0.05) is 22.8 Å². The van der Waals surface area contributed by atoms with E-state index in [9.17, 15) is 0 Å². The van der Waals surface area contributed by atoms with Crippen LogP contribution in [-0.2, 0) is 6.54 Å². The van der Waals surface area contributed by atoms with Crippen molar-refractivity contribution in [1.82, 2.24) is 34.9 Å². The van der Waals surface area contributed by atoms with Crippen LogP contribution >= 0.6 is 11.6 Å². The standard InChI is InChI=1S/C24H24ClN9O/c1-12-29-21(35-32-12)11-33-10-18-19(31-33)5-4-16(22(18)25)17-8-28-24-23(17)27-9-20(30-24)34-14-2-3-15(34)7-13(26)6-14/h4-5,8-10,13-15H,2-3,6-7,11,26H2,1H3,(H,28,30). The van der Waals surface area contributed by atoms with Gasteiger partial charge in [0.15, 0.2) is 11.5 Å². The molecule has 0 spiro atoms. The number of aromatic nitrogens is 7. The van der Waals surface area contributed by atoms with Crippen molar-refractivity contribution in [3.63, 3.8) is 0 Å². The summed E-state index contributed by atoms with van der Waals surface area (Å²) < 4.78 is 6.97. The molecule has 1 aromatic carbocycles. The Morgan fingerprint density at radius 1 is 1.17 bits per heavy atom. The Hall–Kier alpha value is -3.50. The lowest BCUT2D eigenvalue weighted by Crippen LogP contribution is -2.47. The van der Waals surface area contributed by atoms with Crippen LogP contribution in [0.1, 0.15) is 37.4 Å². The van der Waals surface area contributed by atoms with Crippen LogP contribution in [0.25, 0.3) is 33.2 Å². The van der Waals surface area contributed by atoms with Crippen molar-refractivity contribution in [2.45, 2.75) is 57.3 Å². The van der Waals surface area contributed by atoms with Gasteiger partial charge in [-0.05, 0) is 38.7 Å². The molecule has 6 heterocycles. The zero-order valence-electron chi connectivity index (χ0n) is 19.1. The molecule has 2 fully saturated rings. The van der Waals surface area contributed by atoms with E-state index in [2.05, 4.69) is 25.1 Å². The molecular weight excluding hydrogens is 466 g/mol. The van der Waals surface area contributed by atoms with Gasteiger partial charge in [-0.15, -0.1) is 0 Å². The second kappa shape index (κ2) is 7.76. The molecule has 2 aliphatic heterocycles. The third kappa shape index (κ3) is 3.39. The molecule has 35 heavy (non-hydrogen) atoms. The van der Waals surface area contributed by atoms with Crippen molar-refractivity contribution in [1.29, 1.82) is 0 Å². The summed E-state index contributed by atoms with van der Waals surface area (Å²) in [7, 11) is 0. The zero-order chi connectivity index (χ0) is 23.7. The maximum absolute atomic E-state index is 6.88. The highest BCUT2D eigenvalue weighted by Crippen LogP contribution is 2.40. The van der Waals surface area contributed by atoms with Crippen LogP contribution in [0, 0.1) is 6.92 Å². The Labute approximate surface area is 205 Å². The summed E-state index contributed by atoms with van der Waals surface area (Å²) in [6, 6.07) is 5.13. The number of H-pyrrole nitrogens is 1. The summed E-state index contributed by atoms with van der Waals surface area (Å²) in [5.74, 6) is 2.01. The van der Waals surface area contributed by atoms with Crippen LogP contribution in [0.5, 0.6) is 0 Å². The minimum atomic E-state index is 0.287. The average molecular weight is 490 g/mol. The van der Waals surface area contributed by atoms with Crippen LogP contribution in [-0.4, -0.2) is 53.0 Å². The number of benzene rings is 1. The predicted molar refractivity (Wildman–Crippen MR) is 132 cm³/mol. The minimum absolute atomic E-state index is 0.287. The third-order valence-corrected chi connectivity index (χ3v) is 7.64. The topological polar surface area (TPSA) is 128 Å². The van der Waals surface area contributed by atoms with Gasteiger partial charge < -0.3 is 20.1 Å². The monoisotopic (exact) mass is 489 g/mol. The molecule has 0 aliphatic carbocycles. The Kier molecular flexibility index (Phi) is 4.62. The van der Waals surface area contributed by atoms with E-state index < -0.39 is 0 Å². The Morgan fingerprint density at radius 2 is 2.00 bits per heavy atom. The number of rotatable bonds is 4. The lowest BCUT2D eigenvalue weighted by Gasteiger charge is -2.38. The van der Waals surface area contributed by atoms with E-state index >= 15 is 0 Å². The Bertz CT molecular complexity index is 1560. The highest BCUT2D eigenvalue weighted by atomic mass is 35.5. The van der Waals surface area contributed by atoms with Crippen molar-refractivity contribution < 1.29 is 4.52 Å². The number of fused-ring (bicyclic) bond motifs is 4. The molecule has 2 aliphatic rings. The molecule has 2 saturated heterocycles. The summed E-state index contributed by atoms with van der Waals surface area (Å²) in [5, 5.41) is 9.90. The molecule has 7 rings (SSSR count). The van der Waals surface area contributed by atoms with E-state index in [0.29, 0.717) is 35.4 Å². The van der Waals surface area contributed by atoms with E-state index in [-0.39, 0.29) is 6.04 Å². The molecule has 2 bridgehead atoms. The molecule has 2 unspecified atom stereocenters. The van der Waals surface area contributed by atoms with E-state index in [1.807, 2.05) is 30.7 Å². The second-order valence-corrected chi connectivity index (χ2v) is 9.95. The highest BCUT2D eigenvalue weighted by Gasteiger charge is 2.40. The molecule has 11 heteroatoms. The summed E-state index contributed by atoms with van der Waals surface area (Å²) in [5.41, 5.74) is 10.4. The number of aryl methyl sites for hydroxylation is 1. The Balaban J connectivity index is 1.23. The van der Waals surface area contributed by atoms with Gasteiger partial charge in [0.25, 0.3) is 0 Å². The van der Waals surface area contributed by atoms with Gasteiger partial charge in [0.05, 0.1) is 16.7 Å². The lowest BCUT2D eigenvalue weighted by atomic mass is 9.98. The number of hydrogen-bond acceptors (Lipinski definition) is 8. The van der Waals surface area contributed by atoms with Crippen LogP contribution < -0.4 is 10.6 Å². The number of nitrogens with two attached hydrogens (primary N) is 1. The molecule has 3 N–H and O–H groups in total. The summed E-state index contributed by atoms with van der Waals surface area (Å²) in [6.07, 6.45) is 10.1. The van der Waals surface area contributed by atoms with Crippen molar-refractivity contribution >= 4 is 39.5 Å². The van der Waals surface area contributed by atoms with E-state index in [1.54, 1.807) is 11.6 Å². The van der Waals surface area contributed by atoms with Crippen LogP contribution in [0.3, 0.4) is 0 Å². The number of hydrogen-bond donors (Lipinski definition) is 2. The fourth-order valence-corrected chi connectivity index (χ4v) is 6.06. The first-order chi connectivity index (χ1) is 17.0. The van der Waals surface area contributed by atoms with Crippen molar-refractivity contribution in [2.75, 3.05) is 4.90 Å². The molecule has 2 atom stereocenters. The van der Waals surface area contributed by atoms with Crippen molar-refractivity contribution in [2.24, 2.45) is 5.73 Å². The fraction of sp³-hybridized carbons (Fsp3) is 0.375. The molecular formula is C24H24ClN9O. The van der Waals surface area contributed by atoms with Gasteiger partial charge in [-0.25, -0.2) is 9.97 Å². The number of nitrogens with one attached hydrogen (secondary N) is 1. The molecule has 0 saturated carbocycles. The number of nitrogens with zero attached hydrogens (tertiary/aromatic N) is 7. The van der Waals surface area contributed by atoms with Gasteiger partial charge in [0.1, 0.15) is 17.9 Å². The summed E-state index contributed by atoms with van der Waals surface area (Å²) in [4.78, 5) is 19.7. The fourth-order valence-electron chi connectivity index (χ4n) is 5.75. The van der Waals surface area contributed by atoms with Crippen LogP contribution in [0.2, 0.25) is 5.02 Å². The molecule has 178 valence electrons.